The smallest absolute Gasteiger partial charge is 0.310 e. The highest BCUT2D eigenvalue weighted by atomic mass is 79.9. The first kappa shape index (κ1) is 13.7. The summed E-state index contributed by atoms with van der Waals surface area (Å²) in [4.78, 5) is 11.4. The summed E-state index contributed by atoms with van der Waals surface area (Å²) in [6.07, 6.45) is 0.171. The Morgan fingerprint density at radius 2 is 2.29 bits per heavy atom. The Morgan fingerprint density at radius 3 is 2.82 bits per heavy atom. The second-order valence-electron chi connectivity index (χ2n) is 3.36. The van der Waals surface area contributed by atoms with Gasteiger partial charge < -0.3 is 10.5 Å². The van der Waals surface area contributed by atoms with Crippen LogP contribution in [0.3, 0.4) is 0 Å². The number of hydrogen-bond donors (Lipinski definition) is 1. The molecule has 0 fully saturated rings. The molecule has 1 aromatic rings. The molecule has 0 saturated heterocycles. The van der Waals surface area contributed by atoms with E-state index in [1.165, 1.54) is 0 Å². The van der Waals surface area contributed by atoms with Gasteiger partial charge in [-0.1, -0.05) is 6.07 Å². The molecule has 17 heavy (non-hydrogen) atoms. The van der Waals surface area contributed by atoms with Crippen molar-refractivity contribution in [3.63, 3.8) is 0 Å². The van der Waals surface area contributed by atoms with Gasteiger partial charge in [-0.05, 0) is 40.0 Å². The van der Waals surface area contributed by atoms with Gasteiger partial charge in [-0.3, -0.25) is 4.79 Å². The van der Waals surface area contributed by atoms with E-state index in [2.05, 4.69) is 22.0 Å². The first-order valence-corrected chi connectivity index (χ1v) is 5.99. The molecule has 0 bridgehead atoms. The summed E-state index contributed by atoms with van der Waals surface area (Å²) in [6, 6.07) is 5.46. The van der Waals surface area contributed by atoms with Crippen molar-refractivity contribution in [2.24, 2.45) is 5.73 Å². The lowest BCUT2D eigenvalue weighted by Crippen LogP contribution is -2.11. The number of halogens is 1. The number of rotatable bonds is 4. The number of nitrogens with two attached hydrogens (primary N) is 1. The minimum absolute atomic E-state index is 0.171. The predicted molar refractivity (Wildman–Crippen MR) is 67.1 cm³/mol. The maximum Gasteiger partial charge on any atom is 0.310 e. The van der Waals surface area contributed by atoms with Crippen molar-refractivity contribution in [3.05, 3.63) is 33.3 Å². The van der Waals surface area contributed by atoms with E-state index < -0.39 is 0 Å². The monoisotopic (exact) mass is 296 g/mol. The summed E-state index contributed by atoms with van der Waals surface area (Å²) in [5, 5.41) is 8.88. The predicted octanol–water partition coefficient (Wildman–Crippen LogP) is 1.89. The summed E-state index contributed by atoms with van der Waals surface area (Å²) < 4.78 is 5.54. The zero-order valence-electron chi connectivity index (χ0n) is 9.50. The summed E-state index contributed by atoms with van der Waals surface area (Å²) in [6.45, 7) is 2.38. The Balaban J connectivity index is 3.05. The maximum atomic E-state index is 11.4. The molecule has 90 valence electrons. The molecule has 0 radical (unpaired) electrons. The molecule has 0 spiro atoms. The SMILES string of the molecule is CCOC(=O)Cc1ccc(C#N)c(Br)c1CN. The van der Waals surface area contributed by atoms with Crippen molar-refractivity contribution >= 4 is 21.9 Å². The number of benzene rings is 1. The van der Waals surface area contributed by atoms with E-state index in [0.717, 1.165) is 11.1 Å². The van der Waals surface area contributed by atoms with Crippen LogP contribution in [0.1, 0.15) is 23.6 Å². The molecular formula is C12H13BrN2O2. The molecule has 0 amide bonds. The van der Waals surface area contributed by atoms with Gasteiger partial charge in [0.15, 0.2) is 0 Å². The van der Waals surface area contributed by atoms with E-state index in [-0.39, 0.29) is 18.9 Å². The number of esters is 1. The molecule has 5 heteroatoms. The zero-order chi connectivity index (χ0) is 12.8. The van der Waals surface area contributed by atoms with Gasteiger partial charge in [0.25, 0.3) is 0 Å². The lowest BCUT2D eigenvalue weighted by molar-refractivity contribution is -0.142. The molecule has 0 aliphatic carbocycles. The molecule has 0 aliphatic rings. The van der Waals surface area contributed by atoms with E-state index in [1.54, 1.807) is 19.1 Å². The summed E-state index contributed by atoms with van der Waals surface area (Å²) in [7, 11) is 0. The fourth-order valence-corrected chi connectivity index (χ4v) is 2.14. The lowest BCUT2D eigenvalue weighted by Gasteiger charge is -2.10. The highest BCUT2D eigenvalue weighted by molar-refractivity contribution is 9.10. The van der Waals surface area contributed by atoms with Gasteiger partial charge in [-0.2, -0.15) is 5.26 Å². The Labute approximate surface area is 108 Å². The molecule has 1 rings (SSSR count). The number of carbonyl (C=O) groups excluding carboxylic acids is 1. The third-order valence-corrected chi connectivity index (χ3v) is 3.21. The molecule has 0 aliphatic heterocycles. The van der Waals surface area contributed by atoms with Crippen LogP contribution in [-0.2, 0) is 22.5 Å². The average Bonchev–Trinajstić information content (AvgIpc) is 2.30. The van der Waals surface area contributed by atoms with Crippen molar-refractivity contribution in [1.82, 2.24) is 0 Å². The maximum absolute atomic E-state index is 11.4. The van der Waals surface area contributed by atoms with Gasteiger partial charge in [0, 0.05) is 11.0 Å². The van der Waals surface area contributed by atoms with Gasteiger partial charge in [0.2, 0.25) is 0 Å². The second kappa shape index (κ2) is 6.38. The Hall–Kier alpha value is -1.38. The van der Waals surface area contributed by atoms with Crippen molar-refractivity contribution in [3.8, 4) is 6.07 Å². The number of carbonyl (C=O) groups is 1. The summed E-state index contributed by atoms with van der Waals surface area (Å²) in [5.74, 6) is -0.293. The van der Waals surface area contributed by atoms with Crippen LogP contribution in [0.4, 0.5) is 0 Å². The van der Waals surface area contributed by atoms with E-state index in [1.807, 2.05) is 0 Å². The van der Waals surface area contributed by atoms with Gasteiger partial charge in [-0.25, -0.2) is 0 Å². The largest absolute Gasteiger partial charge is 0.466 e. The van der Waals surface area contributed by atoms with Crippen LogP contribution in [-0.4, -0.2) is 12.6 Å². The molecule has 1 aromatic carbocycles. The molecule has 0 unspecified atom stereocenters. The normalized spacial score (nSPS) is 9.76. The molecule has 0 aromatic heterocycles. The lowest BCUT2D eigenvalue weighted by atomic mass is 10.0. The van der Waals surface area contributed by atoms with E-state index in [9.17, 15) is 4.79 Å². The van der Waals surface area contributed by atoms with Gasteiger partial charge in [0.1, 0.15) is 6.07 Å². The molecule has 0 heterocycles. The molecule has 0 atom stereocenters. The molecule has 4 nitrogen and oxygen atoms in total. The minimum Gasteiger partial charge on any atom is -0.466 e. The topological polar surface area (TPSA) is 76.1 Å². The highest BCUT2D eigenvalue weighted by Crippen LogP contribution is 2.25. The highest BCUT2D eigenvalue weighted by Gasteiger charge is 2.13. The Bertz CT molecular complexity index is 466. The molecule has 0 saturated carbocycles. The first-order valence-electron chi connectivity index (χ1n) is 5.20. The Morgan fingerprint density at radius 1 is 1.59 bits per heavy atom. The fourth-order valence-electron chi connectivity index (χ4n) is 1.50. The van der Waals surface area contributed by atoms with E-state index in [0.29, 0.717) is 16.6 Å². The molecule has 2 N–H and O–H groups in total. The average molecular weight is 297 g/mol. The van der Waals surface area contributed by atoms with Crippen molar-refractivity contribution in [1.29, 1.82) is 5.26 Å². The van der Waals surface area contributed by atoms with Gasteiger partial charge >= 0.3 is 5.97 Å². The van der Waals surface area contributed by atoms with Crippen molar-refractivity contribution in [2.75, 3.05) is 6.61 Å². The van der Waals surface area contributed by atoms with E-state index in [4.69, 9.17) is 15.7 Å². The Kier molecular flexibility index (Phi) is 5.13. The van der Waals surface area contributed by atoms with Crippen LogP contribution in [0, 0.1) is 11.3 Å². The zero-order valence-corrected chi connectivity index (χ0v) is 11.1. The first-order chi connectivity index (χ1) is 8.13. The number of hydrogen-bond acceptors (Lipinski definition) is 4. The van der Waals surface area contributed by atoms with Gasteiger partial charge in [-0.15, -0.1) is 0 Å². The summed E-state index contributed by atoms with van der Waals surface area (Å²) >= 11 is 3.33. The van der Waals surface area contributed by atoms with E-state index >= 15 is 0 Å². The van der Waals surface area contributed by atoms with Crippen LogP contribution in [0.2, 0.25) is 0 Å². The van der Waals surface area contributed by atoms with Gasteiger partial charge in [0.05, 0.1) is 18.6 Å². The number of ether oxygens (including phenoxy) is 1. The van der Waals surface area contributed by atoms with Crippen LogP contribution >= 0.6 is 15.9 Å². The number of nitrogens with zero attached hydrogens (tertiary/aromatic N) is 1. The third kappa shape index (κ3) is 3.29. The van der Waals surface area contributed by atoms with Crippen molar-refractivity contribution in [2.45, 2.75) is 19.9 Å². The molecular weight excluding hydrogens is 284 g/mol. The van der Waals surface area contributed by atoms with Crippen LogP contribution in [0.15, 0.2) is 16.6 Å². The van der Waals surface area contributed by atoms with Crippen LogP contribution in [0.5, 0.6) is 0 Å². The minimum atomic E-state index is -0.293. The standard InChI is InChI=1S/C12H13BrN2O2/c1-2-17-11(16)5-8-3-4-9(6-14)12(13)10(8)7-15/h3-4H,2,5,7,15H2,1H3. The van der Waals surface area contributed by atoms with Crippen molar-refractivity contribution < 1.29 is 9.53 Å². The third-order valence-electron chi connectivity index (χ3n) is 2.30. The summed E-state index contributed by atoms with van der Waals surface area (Å²) in [5.41, 5.74) is 7.71. The fraction of sp³-hybridized carbons (Fsp3) is 0.333. The van der Waals surface area contributed by atoms with Crippen LogP contribution in [0.25, 0.3) is 0 Å². The quantitative estimate of drug-likeness (QED) is 0.861. The number of nitriles is 1. The second-order valence-corrected chi connectivity index (χ2v) is 4.16. The van der Waals surface area contributed by atoms with Crippen LogP contribution < -0.4 is 5.73 Å².